The molecule has 0 N–H and O–H groups in total. The van der Waals surface area contributed by atoms with Crippen LogP contribution in [0.4, 0.5) is 4.79 Å². The minimum absolute atomic E-state index is 0.109. The van der Waals surface area contributed by atoms with E-state index in [9.17, 15) is 4.79 Å². The van der Waals surface area contributed by atoms with Crippen molar-refractivity contribution in [1.29, 1.82) is 0 Å². The van der Waals surface area contributed by atoms with E-state index in [0.29, 0.717) is 11.3 Å². The van der Waals surface area contributed by atoms with Crippen molar-refractivity contribution < 1.29 is 9.53 Å². The molecule has 0 unspecified atom stereocenters. The number of carbonyl (C=O) groups is 1. The summed E-state index contributed by atoms with van der Waals surface area (Å²) < 4.78 is 5.02. The third-order valence-corrected chi connectivity index (χ3v) is 8.90. The average Bonchev–Trinajstić information content (AvgIpc) is 2.58. The predicted molar refractivity (Wildman–Crippen MR) is 77.7 cm³/mol. The van der Waals surface area contributed by atoms with E-state index < -0.39 is 16.1 Å². The molecule has 1 heterocycles. The highest BCUT2D eigenvalue weighted by Gasteiger charge is 2.48. The molecule has 0 saturated carbocycles. The van der Waals surface area contributed by atoms with E-state index in [1.54, 1.807) is 0 Å². The van der Waals surface area contributed by atoms with Gasteiger partial charge in [0.25, 0.3) is 0 Å². The topological polar surface area (TPSA) is 29.5 Å². The second-order valence-electron chi connectivity index (χ2n) is 7.22. The summed E-state index contributed by atoms with van der Waals surface area (Å²) in [6, 6.07) is 0. The molecular formula is C12H27NO2Si2. The molecule has 17 heavy (non-hydrogen) atoms. The van der Waals surface area contributed by atoms with Crippen LogP contribution in [-0.2, 0) is 4.74 Å². The van der Waals surface area contributed by atoms with Crippen LogP contribution in [0.25, 0.3) is 0 Å². The Morgan fingerprint density at radius 1 is 1.00 bits per heavy atom. The third kappa shape index (κ3) is 3.13. The SMILES string of the molecule is COC(=O)N1[C@@H]([Si](C)(C)C)CC[C@@H]1[Si](C)(C)C. The van der Waals surface area contributed by atoms with Gasteiger partial charge in [0, 0.05) is 11.3 Å². The number of hydrogen-bond acceptors (Lipinski definition) is 2. The standard InChI is InChI=1S/C12H27NO2Si2/c1-15-12(14)13-10(16(2,3)4)8-9-11(13)17(5,6)7/h10-11H,8-9H2,1-7H3/t10-,11-/m0/s1. The number of rotatable bonds is 2. The van der Waals surface area contributed by atoms with E-state index in [-0.39, 0.29) is 6.09 Å². The molecule has 1 rings (SSSR count). The zero-order valence-corrected chi connectivity index (χ0v) is 14.3. The maximum Gasteiger partial charge on any atom is 0.409 e. The number of likely N-dealkylation sites (tertiary alicyclic amines) is 1. The first kappa shape index (κ1) is 14.8. The number of methoxy groups -OCH3 is 1. The maximum atomic E-state index is 12.1. The van der Waals surface area contributed by atoms with Crippen LogP contribution in [0, 0.1) is 0 Å². The monoisotopic (exact) mass is 273 g/mol. The van der Waals surface area contributed by atoms with Crippen molar-refractivity contribution in [3.63, 3.8) is 0 Å². The lowest BCUT2D eigenvalue weighted by molar-refractivity contribution is 0.122. The Labute approximate surface area is 108 Å². The maximum absolute atomic E-state index is 12.1. The molecule has 1 fully saturated rings. The summed E-state index contributed by atoms with van der Waals surface area (Å²) in [4.78, 5) is 14.2. The molecule has 0 aliphatic carbocycles. The van der Waals surface area contributed by atoms with Crippen molar-refractivity contribution in [3.8, 4) is 0 Å². The molecule has 1 aliphatic heterocycles. The lowest BCUT2D eigenvalue weighted by Gasteiger charge is -2.39. The van der Waals surface area contributed by atoms with Crippen LogP contribution in [0.5, 0.6) is 0 Å². The van der Waals surface area contributed by atoms with Gasteiger partial charge in [-0.1, -0.05) is 39.3 Å². The summed E-state index contributed by atoms with van der Waals surface area (Å²) in [5.41, 5.74) is 0.901. The minimum atomic E-state index is -1.34. The second kappa shape index (κ2) is 4.76. The number of nitrogens with zero attached hydrogens (tertiary/aromatic N) is 1. The van der Waals surface area contributed by atoms with E-state index >= 15 is 0 Å². The van der Waals surface area contributed by atoms with Gasteiger partial charge in [-0.15, -0.1) is 0 Å². The van der Waals surface area contributed by atoms with Gasteiger partial charge < -0.3 is 9.64 Å². The van der Waals surface area contributed by atoms with Crippen LogP contribution in [-0.4, -0.2) is 45.6 Å². The molecule has 100 valence electrons. The highest BCUT2D eigenvalue weighted by atomic mass is 28.3. The van der Waals surface area contributed by atoms with Gasteiger partial charge in [-0.25, -0.2) is 4.79 Å². The first-order valence-corrected chi connectivity index (χ1v) is 13.6. The van der Waals surface area contributed by atoms with Crippen molar-refractivity contribution >= 4 is 22.2 Å². The first-order chi connectivity index (χ1) is 7.59. The van der Waals surface area contributed by atoms with E-state index in [1.807, 2.05) is 0 Å². The summed E-state index contributed by atoms with van der Waals surface area (Å²) in [6.07, 6.45) is 2.22. The van der Waals surface area contributed by atoms with Gasteiger partial charge in [-0.05, 0) is 12.8 Å². The van der Waals surface area contributed by atoms with Crippen molar-refractivity contribution in [2.75, 3.05) is 7.11 Å². The van der Waals surface area contributed by atoms with Crippen molar-refractivity contribution in [2.24, 2.45) is 0 Å². The summed E-state index contributed by atoms with van der Waals surface area (Å²) in [5.74, 6) is 0. The van der Waals surface area contributed by atoms with Gasteiger partial charge >= 0.3 is 6.09 Å². The van der Waals surface area contributed by atoms with E-state index in [4.69, 9.17) is 4.74 Å². The van der Waals surface area contributed by atoms with Gasteiger partial charge in [0.05, 0.1) is 23.3 Å². The van der Waals surface area contributed by atoms with Crippen LogP contribution in [0.15, 0.2) is 0 Å². The van der Waals surface area contributed by atoms with E-state index in [0.717, 1.165) is 0 Å². The Morgan fingerprint density at radius 3 is 1.59 bits per heavy atom. The van der Waals surface area contributed by atoms with Crippen molar-refractivity contribution in [1.82, 2.24) is 4.90 Å². The molecule has 0 spiro atoms. The lowest BCUT2D eigenvalue weighted by Crippen LogP contribution is -2.57. The van der Waals surface area contributed by atoms with Crippen molar-refractivity contribution in [3.05, 3.63) is 0 Å². The van der Waals surface area contributed by atoms with Gasteiger partial charge in [0.2, 0.25) is 0 Å². The Morgan fingerprint density at radius 2 is 1.35 bits per heavy atom. The Bertz CT molecular complexity index is 272. The van der Waals surface area contributed by atoms with Crippen LogP contribution in [0.2, 0.25) is 39.3 Å². The fourth-order valence-electron chi connectivity index (χ4n) is 2.87. The molecule has 0 bridgehead atoms. The molecule has 1 aliphatic rings. The molecule has 0 aromatic heterocycles. The number of ether oxygens (including phenoxy) is 1. The predicted octanol–water partition coefficient (Wildman–Crippen LogP) is 3.34. The van der Waals surface area contributed by atoms with Crippen LogP contribution in [0.3, 0.4) is 0 Å². The Hall–Kier alpha value is -0.296. The van der Waals surface area contributed by atoms with Gasteiger partial charge in [-0.2, -0.15) is 0 Å². The van der Waals surface area contributed by atoms with Crippen LogP contribution >= 0.6 is 0 Å². The molecule has 5 heteroatoms. The van der Waals surface area contributed by atoms with Crippen molar-refractivity contribution in [2.45, 2.75) is 63.5 Å². The summed E-state index contributed by atoms with van der Waals surface area (Å²) >= 11 is 0. The normalized spacial score (nSPS) is 26.2. The largest absolute Gasteiger partial charge is 0.453 e. The number of amides is 1. The lowest BCUT2D eigenvalue weighted by atomic mass is 10.4. The third-order valence-electron chi connectivity index (χ3n) is 3.77. The van der Waals surface area contributed by atoms with Gasteiger partial charge in [0.1, 0.15) is 0 Å². The fourth-order valence-corrected chi connectivity index (χ4v) is 7.33. The molecule has 3 nitrogen and oxygen atoms in total. The summed E-state index contributed by atoms with van der Waals surface area (Å²) in [7, 11) is -1.18. The summed E-state index contributed by atoms with van der Waals surface area (Å²) in [6.45, 7) is 14.1. The van der Waals surface area contributed by atoms with Gasteiger partial charge in [-0.3, -0.25) is 0 Å². The first-order valence-electron chi connectivity index (χ1n) is 6.45. The zero-order valence-electron chi connectivity index (χ0n) is 12.3. The average molecular weight is 274 g/mol. The second-order valence-corrected chi connectivity index (χ2v) is 18.0. The minimum Gasteiger partial charge on any atom is -0.453 e. The fraction of sp³-hybridized carbons (Fsp3) is 0.917. The van der Waals surface area contributed by atoms with Crippen LogP contribution < -0.4 is 0 Å². The van der Waals surface area contributed by atoms with E-state index in [1.165, 1.54) is 20.0 Å². The number of carbonyl (C=O) groups excluding carboxylic acids is 1. The highest BCUT2D eigenvalue weighted by molar-refractivity contribution is 6.80. The smallest absolute Gasteiger partial charge is 0.409 e. The van der Waals surface area contributed by atoms with E-state index in [2.05, 4.69) is 44.2 Å². The zero-order chi connectivity index (χ0) is 13.4. The molecular weight excluding hydrogens is 246 g/mol. The molecule has 2 atom stereocenters. The molecule has 0 aromatic rings. The van der Waals surface area contributed by atoms with Crippen LogP contribution in [0.1, 0.15) is 12.8 Å². The molecule has 1 amide bonds. The molecule has 0 aromatic carbocycles. The quantitative estimate of drug-likeness (QED) is 0.722. The highest BCUT2D eigenvalue weighted by Crippen LogP contribution is 2.35. The van der Waals surface area contributed by atoms with Gasteiger partial charge in [0.15, 0.2) is 0 Å². The molecule has 1 saturated heterocycles. The Balaban J connectivity index is 3.02. The summed E-state index contributed by atoms with van der Waals surface area (Å²) in [5, 5.41) is 0. The molecule has 0 radical (unpaired) electrons. The number of hydrogen-bond donors (Lipinski definition) is 0. The Kier molecular flexibility index (Phi) is 4.13.